The zero-order chi connectivity index (χ0) is 14.0. The average molecular weight is 281 g/mol. The van der Waals surface area contributed by atoms with Crippen molar-refractivity contribution in [2.45, 2.75) is 13.5 Å². The van der Waals surface area contributed by atoms with Gasteiger partial charge in [0, 0.05) is 7.05 Å². The third kappa shape index (κ3) is 2.85. The Hall–Kier alpha value is -2.08. The number of ether oxygens (including phenoxy) is 1. The average Bonchev–Trinajstić information content (AvgIpc) is 2.62. The molecule has 0 aromatic carbocycles. The second kappa shape index (κ2) is 5.27. The van der Waals surface area contributed by atoms with Crippen LogP contribution in [0.15, 0.2) is 18.3 Å². The van der Waals surface area contributed by atoms with Crippen molar-refractivity contribution in [1.29, 1.82) is 0 Å². The van der Waals surface area contributed by atoms with Crippen LogP contribution in [0.5, 0.6) is 0 Å². The second-order valence-corrected chi connectivity index (χ2v) is 4.40. The summed E-state index contributed by atoms with van der Waals surface area (Å²) < 4.78 is 6.73. The first kappa shape index (κ1) is 13.4. The summed E-state index contributed by atoms with van der Waals surface area (Å²) in [4.78, 5) is 15.6. The number of aromatic nitrogens is 3. The highest BCUT2D eigenvalue weighted by Crippen LogP contribution is 2.20. The Morgan fingerprint density at radius 3 is 2.79 bits per heavy atom. The fraction of sp³-hybridized carbons (Fsp3) is 0.250. The van der Waals surface area contributed by atoms with Gasteiger partial charge >= 0.3 is 5.97 Å². The number of carbonyl (C=O) groups excluding carboxylic acids is 1. The molecule has 0 atom stereocenters. The lowest BCUT2D eigenvalue weighted by molar-refractivity contribution is 0.0457. The molecule has 2 N–H and O–H groups in total. The number of hydrogen-bond acceptors (Lipinski definition) is 5. The molecule has 7 heteroatoms. The Morgan fingerprint density at radius 2 is 2.26 bits per heavy atom. The monoisotopic (exact) mass is 280 g/mol. The van der Waals surface area contributed by atoms with E-state index in [1.54, 1.807) is 24.7 Å². The van der Waals surface area contributed by atoms with Crippen LogP contribution in [-0.4, -0.2) is 20.7 Å². The number of esters is 1. The number of nitrogens with zero attached hydrogens (tertiary/aromatic N) is 3. The van der Waals surface area contributed by atoms with Crippen molar-refractivity contribution >= 4 is 23.3 Å². The molecule has 0 radical (unpaired) electrons. The maximum Gasteiger partial charge on any atom is 0.357 e. The third-order valence-corrected chi connectivity index (χ3v) is 3.09. The van der Waals surface area contributed by atoms with Crippen molar-refractivity contribution in [1.82, 2.24) is 14.8 Å². The topological polar surface area (TPSA) is 83.0 Å². The Kier molecular flexibility index (Phi) is 3.71. The summed E-state index contributed by atoms with van der Waals surface area (Å²) in [5.41, 5.74) is 7.51. The molecule has 2 aromatic rings. The Labute approximate surface area is 115 Å². The van der Waals surface area contributed by atoms with Crippen molar-refractivity contribution in [2.75, 3.05) is 5.73 Å². The van der Waals surface area contributed by atoms with E-state index in [-0.39, 0.29) is 12.3 Å². The van der Waals surface area contributed by atoms with Gasteiger partial charge in [0.1, 0.15) is 12.3 Å². The van der Waals surface area contributed by atoms with Crippen LogP contribution in [0.2, 0.25) is 5.02 Å². The van der Waals surface area contributed by atoms with Gasteiger partial charge < -0.3 is 10.5 Å². The number of hydrogen-bond donors (Lipinski definition) is 1. The van der Waals surface area contributed by atoms with Crippen LogP contribution >= 0.6 is 11.6 Å². The summed E-state index contributed by atoms with van der Waals surface area (Å²) in [6.45, 7) is 1.83. The minimum Gasteiger partial charge on any atom is -0.454 e. The quantitative estimate of drug-likeness (QED) is 0.866. The first-order valence-corrected chi connectivity index (χ1v) is 5.93. The predicted molar refractivity (Wildman–Crippen MR) is 70.7 cm³/mol. The number of aryl methyl sites for hydroxylation is 2. The van der Waals surface area contributed by atoms with E-state index in [4.69, 9.17) is 22.1 Å². The Morgan fingerprint density at radius 1 is 1.53 bits per heavy atom. The molecule has 2 rings (SSSR count). The van der Waals surface area contributed by atoms with E-state index in [0.29, 0.717) is 22.1 Å². The minimum absolute atomic E-state index is 0.0427. The minimum atomic E-state index is -0.532. The zero-order valence-electron chi connectivity index (χ0n) is 10.6. The predicted octanol–water partition coefficient (Wildman–Crippen LogP) is 1.72. The summed E-state index contributed by atoms with van der Waals surface area (Å²) in [5.74, 6) is -0.532. The molecular weight excluding hydrogens is 268 g/mol. The molecule has 0 unspecified atom stereocenters. The molecule has 100 valence electrons. The van der Waals surface area contributed by atoms with Crippen LogP contribution in [0, 0.1) is 6.92 Å². The molecule has 0 amide bonds. The van der Waals surface area contributed by atoms with Crippen LogP contribution in [-0.2, 0) is 18.4 Å². The number of nitrogen functional groups attached to an aromatic ring is 1. The van der Waals surface area contributed by atoms with Crippen molar-refractivity contribution < 1.29 is 9.53 Å². The highest BCUT2D eigenvalue weighted by Gasteiger charge is 2.14. The molecule has 2 heterocycles. The van der Waals surface area contributed by atoms with Gasteiger partial charge in [-0.1, -0.05) is 11.6 Å². The fourth-order valence-electron chi connectivity index (χ4n) is 1.57. The first-order chi connectivity index (χ1) is 8.99. The van der Waals surface area contributed by atoms with Crippen LogP contribution in [0.25, 0.3) is 0 Å². The SMILES string of the molecule is Cc1nn(C)c(COC(=O)c2ccc(N)cn2)c1Cl. The molecule has 0 fully saturated rings. The van der Waals surface area contributed by atoms with Gasteiger partial charge in [-0.25, -0.2) is 9.78 Å². The van der Waals surface area contributed by atoms with Crippen molar-refractivity contribution in [3.63, 3.8) is 0 Å². The molecule has 0 aliphatic rings. The molecule has 19 heavy (non-hydrogen) atoms. The molecule has 0 aliphatic carbocycles. The van der Waals surface area contributed by atoms with Gasteiger partial charge in [0.2, 0.25) is 0 Å². The molecule has 0 aliphatic heterocycles. The number of nitrogens with two attached hydrogens (primary N) is 1. The number of halogens is 1. The molecule has 6 nitrogen and oxygen atoms in total. The number of pyridine rings is 1. The second-order valence-electron chi connectivity index (χ2n) is 4.02. The third-order valence-electron chi connectivity index (χ3n) is 2.60. The standard InChI is InChI=1S/C12H13ClN4O2/c1-7-11(13)10(17(2)16-7)6-19-12(18)9-4-3-8(14)5-15-9/h3-5H,6,14H2,1-2H3. The lowest BCUT2D eigenvalue weighted by Crippen LogP contribution is -2.10. The van der Waals surface area contributed by atoms with Gasteiger partial charge in [0.15, 0.2) is 0 Å². The van der Waals surface area contributed by atoms with E-state index in [2.05, 4.69) is 10.1 Å². The largest absolute Gasteiger partial charge is 0.454 e. The van der Waals surface area contributed by atoms with Crippen LogP contribution in [0.1, 0.15) is 21.9 Å². The van der Waals surface area contributed by atoms with Gasteiger partial charge in [0.25, 0.3) is 0 Å². The molecular formula is C12H13ClN4O2. The van der Waals surface area contributed by atoms with Gasteiger partial charge in [0.05, 0.1) is 28.3 Å². The highest BCUT2D eigenvalue weighted by molar-refractivity contribution is 6.31. The van der Waals surface area contributed by atoms with Gasteiger partial charge in [-0.3, -0.25) is 4.68 Å². The van der Waals surface area contributed by atoms with E-state index in [9.17, 15) is 4.79 Å². The van der Waals surface area contributed by atoms with Gasteiger partial charge in [-0.05, 0) is 19.1 Å². The normalized spacial score (nSPS) is 10.5. The van der Waals surface area contributed by atoms with Crippen molar-refractivity contribution in [3.05, 3.63) is 40.4 Å². The van der Waals surface area contributed by atoms with E-state index in [1.165, 1.54) is 12.3 Å². The van der Waals surface area contributed by atoms with Crippen LogP contribution < -0.4 is 5.73 Å². The summed E-state index contributed by atoms with van der Waals surface area (Å²) in [6, 6.07) is 3.10. The Bertz CT molecular complexity index is 607. The molecule has 2 aromatic heterocycles. The number of rotatable bonds is 3. The van der Waals surface area contributed by atoms with E-state index in [1.807, 2.05) is 0 Å². The van der Waals surface area contributed by atoms with Crippen molar-refractivity contribution in [2.24, 2.45) is 7.05 Å². The Balaban J connectivity index is 2.06. The lowest BCUT2D eigenvalue weighted by atomic mass is 10.3. The first-order valence-electron chi connectivity index (χ1n) is 5.55. The molecule has 0 bridgehead atoms. The number of anilines is 1. The summed E-state index contributed by atoms with van der Waals surface area (Å²) >= 11 is 6.06. The highest BCUT2D eigenvalue weighted by atomic mass is 35.5. The van der Waals surface area contributed by atoms with Gasteiger partial charge in [-0.15, -0.1) is 0 Å². The van der Waals surface area contributed by atoms with E-state index < -0.39 is 5.97 Å². The molecule has 0 spiro atoms. The van der Waals surface area contributed by atoms with E-state index in [0.717, 1.165) is 0 Å². The van der Waals surface area contributed by atoms with E-state index >= 15 is 0 Å². The fourth-order valence-corrected chi connectivity index (χ4v) is 1.79. The summed E-state index contributed by atoms with van der Waals surface area (Å²) in [6.07, 6.45) is 1.40. The smallest absolute Gasteiger partial charge is 0.357 e. The lowest BCUT2D eigenvalue weighted by Gasteiger charge is -2.05. The molecule has 0 saturated heterocycles. The maximum atomic E-state index is 11.8. The summed E-state index contributed by atoms with van der Waals surface area (Å²) in [5, 5.41) is 4.63. The van der Waals surface area contributed by atoms with Gasteiger partial charge in [-0.2, -0.15) is 5.10 Å². The van der Waals surface area contributed by atoms with Crippen molar-refractivity contribution in [3.8, 4) is 0 Å². The summed E-state index contributed by atoms with van der Waals surface area (Å²) in [7, 11) is 1.74. The van der Waals surface area contributed by atoms with Crippen LogP contribution in [0.4, 0.5) is 5.69 Å². The zero-order valence-corrected chi connectivity index (χ0v) is 11.3. The van der Waals surface area contributed by atoms with Crippen LogP contribution in [0.3, 0.4) is 0 Å². The maximum absolute atomic E-state index is 11.8. The molecule has 0 saturated carbocycles. The number of carbonyl (C=O) groups is 1.